The number of hydrogen-bond acceptors (Lipinski definition) is 4. The molecule has 4 aliphatic rings. The molecular formula is C51H66O6S2. The highest BCUT2D eigenvalue weighted by molar-refractivity contribution is 7.86. The molecule has 0 saturated heterocycles. The van der Waals surface area contributed by atoms with Gasteiger partial charge in [-0.25, -0.2) is 0 Å². The van der Waals surface area contributed by atoms with Gasteiger partial charge < -0.3 is 0 Å². The van der Waals surface area contributed by atoms with Gasteiger partial charge >= 0.3 is 0 Å². The lowest BCUT2D eigenvalue weighted by Crippen LogP contribution is -2.53. The molecule has 318 valence electrons. The van der Waals surface area contributed by atoms with E-state index in [1.165, 1.54) is 101 Å². The van der Waals surface area contributed by atoms with Crippen molar-refractivity contribution in [3.8, 4) is 0 Å². The Hall–Kier alpha value is -3.04. The third-order valence-corrected chi connectivity index (χ3v) is 18.5. The maximum atomic E-state index is 12.3. The van der Waals surface area contributed by atoms with Gasteiger partial charge in [0.2, 0.25) is 0 Å². The fourth-order valence-corrected chi connectivity index (χ4v) is 14.8. The molecule has 4 saturated carbocycles. The van der Waals surface area contributed by atoms with Crippen molar-refractivity contribution in [3.05, 3.63) is 90.0 Å². The zero-order valence-electron chi connectivity index (χ0n) is 35.9. The van der Waals surface area contributed by atoms with Crippen molar-refractivity contribution < 1.29 is 25.9 Å². The highest BCUT2D eigenvalue weighted by Gasteiger charge is 2.60. The van der Waals surface area contributed by atoms with Crippen LogP contribution in [-0.4, -0.2) is 25.9 Å². The Morgan fingerprint density at radius 2 is 1.31 bits per heavy atom. The molecule has 0 bridgehead atoms. The van der Waals surface area contributed by atoms with Gasteiger partial charge in [-0.3, -0.25) is 9.11 Å². The fraction of sp³-hybridized carbons (Fsp3) is 0.569. The summed E-state index contributed by atoms with van der Waals surface area (Å²) in [6.45, 7) is 12.7. The number of rotatable bonds is 12. The average Bonchev–Trinajstić information content (AvgIpc) is 3.55. The topological polar surface area (TPSA) is 109 Å². The Morgan fingerprint density at radius 1 is 0.712 bits per heavy atom. The minimum absolute atomic E-state index is 0.176. The van der Waals surface area contributed by atoms with Gasteiger partial charge in [-0.15, -0.1) is 0 Å². The van der Waals surface area contributed by atoms with Crippen molar-refractivity contribution >= 4 is 47.4 Å². The van der Waals surface area contributed by atoms with E-state index in [1.807, 2.05) is 36.4 Å². The van der Waals surface area contributed by atoms with E-state index >= 15 is 0 Å². The summed E-state index contributed by atoms with van der Waals surface area (Å²) in [6.07, 6.45) is 20.5. The third-order valence-electron chi connectivity index (χ3n) is 16.8. The molecule has 0 radical (unpaired) electrons. The van der Waals surface area contributed by atoms with Crippen molar-refractivity contribution in [1.29, 1.82) is 0 Å². The largest absolute Gasteiger partial charge is 0.294 e. The van der Waals surface area contributed by atoms with Crippen molar-refractivity contribution in [2.24, 2.45) is 58.2 Å². The van der Waals surface area contributed by atoms with E-state index in [2.05, 4.69) is 40.7 Å². The number of fused-ring (bicyclic) bond motifs is 7. The van der Waals surface area contributed by atoms with E-state index in [4.69, 9.17) is 0 Å². The van der Waals surface area contributed by atoms with E-state index < -0.39 is 20.2 Å². The molecule has 0 spiro atoms. The van der Waals surface area contributed by atoms with E-state index in [1.54, 1.807) is 12.1 Å². The molecule has 0 aromatic heterocycles. The van der Waals surface area contributed by atoms with E-state index in [0.29, 0.717) is 27.5 Å². The van der Waals surface area contributed by atoms with Crippen LogP contribution in [-0.2, 0) is 20.2 Å². The summed E-state index contributed by atoms with van der Waals surface area (Å²) in [5.74, 6) is 6.52. The highest BCUT2D eigenvalue weighted by atomic mass is 32.2. The average molecular weight is 839 g/mol. The van der Waals surface area contributed by atoms with Crippen LogP contribution in [0.4, 0.5) is 0 Å². The summed E-state index contributed by atoms with van der Waals surface area (Å²) in [5, 5.41) is 3.02. The van der Waals surface area contributed by atoms with Gasteiger partial charge in [0.1, 0.15) is 0 Å². The van der Waals surface area contributed by atoms with Crippen LogP contribution in [0.1, 0.15) is 136 Å². The molecule has 59 heavy (non-hydrogen) atoms. The molecule has 4 fully saturated rings. The molecule has 0 aliphatic heterocycles. The monoisotopic (exact) mass is 838 g/mol. The van der Waals surface area contributed by atoms with Gasteiger partial charge in [-0.2, -0.15) is 16.8 Å². The molecule has 4 aromatic carbocycles. The maximum absolute atomic E-state index is 12.3. The summed E-state index contributed by atoms with van der Waals surface area (Å²) < 4.78 is 69.1. The Labute approximate surface area is 354 Å². The van der Waals surface area contributed by atoms with Crippen LogP contribution in [0.2, 0.25) is 0 Å². The van der Waals surface area contributed by atoms with E-state index in [-0.39, 0.29) is 9.79 Å². The fourth-order valence-electron chi connectivity index (χ4n) is 13.8. The zero-order valence-corrected chi connectivity index (χ0v) is 37.5. The van der Waals surface area contributed by atoms with Gasteiger partial charge in [0.25, 0.3) is 20.2 Å². The van der Waals surface area contributed by atoms with Crippen molar-refractivity contribution in [2.75, 3.05) is 0 Å². The van der Waals surface area contributed by atoms with E-state index in [0.717, 1.165) is 81.7 Å². The Balaban J connectivity index is 1.04. The minimum atomic E-state index is -4.45. The summed E-state index contributed by atoms with van der Waals surface area (Å²) in [5.41, 5.74) is 3.41. The van der Waals surface area contributed by atoms with Crippen LogP contribution < -0.4 is 0 Å². The van der Waals surface area contributed by atoms with Crippen molar-refractivity contribution in [1.82, 2.24) is 0 Å². The van der Waals surface area contributed by atoms with Crippen LogP contribution in [0.3, 0.4) is 0 Å². The lowest BCUT2D eigenvalue weighted by Gasteiger charge is -2.61. The molecule has 8 rings (SSSR count). The van der Waals surface area contributed by atoms with Gasteiger partial charge in [0.05, 0.1) is 9.79 Å². The Bertz CT molecular complexity index is 2340. The van der Waals surface area contributed by atoms with Gasteiger partial charge in [-0.1, -0.05) is 108 Å². The summed E-state index contributed by atoms with van der Waals surface area (Å²) in [7, 11) is -8.89. The van der Waals surface area contributed by atoms with Gasteiger partial charge in [-0.05, 0) is 191 Å². The van der Waals surface area contributed by atoms with Crippen molar-refractivity contribution in [3.63, 3.8) is 0 Å². The summed E-state index contributed by atoms with van der Waals surface area (Å²) in [6, 6.07) is 21.0. The Morgan fingerprint density at radius 3 is 1.90 bits per heavy atom. The third kappa shape index (κ3) is 8.22. The molecule has 6 nitrogen and oxygen atoms in total. The molecule has 0 amide bonds. The lowest BCUT2D eigenvalue weighted by atomic mass is 9.44. The first-order chi connectivity index (χ1) is 28.0. The second kappa shape index (κ2) is 16.3. The molecule has 4 aromatic rings. The number of benzene rings is 4. The lowest BCUT2D eigenvalue weighted by molar-refractivity contribution is -0.121. The summed E-state index contributed by atoms with van der Waals surface area (Å²) in [4.78, 5) is -0.351. The predicted octanol–water partition coefficient (Wildman–Crippen LogP) is 13.4. The normalized spacial score (nSPS) is 30.2. The van der Waals surface area contributed by atoms with E-state index in [9.17, 15) is 25.9 Å². The molecule has 2 N–H and O–H groups in total. The van der Waals surface area contributed by atoms with Crippen LogP contribution in [0.15, 0.2) is 88.7 Å². The minimum Gasteiger partial charge on any atom is -0.282 e. The standard InChI is InChI=1S/C51H66O6S2/c1-33(2)10-6-11-34(3)47-24-25-48-44-23-20-38-30-35(26-28-50(38,4)49(44)27-29-51(47,48)5)12-7-15-41(42-16-8-13-36-18-21-39(31-45(36)42)58(52,53)54)43-17-9-14-37-19-22-40(32-46(37)43)59(55,56)57/h8-9,13-19,21-22,31-35,38,44,47-49H,6-7,10-12,20,23-30H2,1-5H3,(H,52,53,54)(H,55,56,57)/t34-,35+,38+,44+,47-,48+,49+,50+,51-/m1/s1. The first-order valence-electron chi connectivity index (χ1n) is 22.7. The molecule has 0 unspecified atom stereocenters. The molecule has 9 atom stereocenters. The molecular weight excluding hydrogens is 773 g/mol. The van der Waals surface area contributed by atoms with Crippen LogP contribution in [0.5, 0.6) is 0 Å². The second-order valence-corrected chi connectivity index (χ2v) is 23.2. The predicted molar refractivity (Wildman–Crippen MR) is 240 cm³/mol. The first kappa shape index (κ1) is 42.6. The molecule has 8 heteroatoms. The van der Waals surface area contributed by atoms with Gasteiger partial charge in [0.15, 0.2) is 0 Å². The second-order valence-electron chi connectivity index (χ2n) is 20.4. The number of allylic oxidation sites excluding steroid dienone is 1. The Kier molecular flexibility index (Phi) is 11.8. The molecule has 4 aliphatic carbocycles. The van der Waals surface area contributed by atoms with Gasteiger partial charge in [0, 0.05) is 0 Å². The molecule has 0 heterocycles. The van der Waals surface area contributed by atoms with Crippen LogP contribution in [0, 0.1) is 58.2 Å². The highest BCUT2D eigenvalue weighted by Crippen LogP contribution is 2.69. The quantitative estimate of drug-likeness (QED) is 0.138. The maximum Gasteiger partial charge on any atom is 0.294 e. The van der Waals surface area contributed by atoms with Crippen LogP contribution >= 0.6 is 0 Å². The summed E-state index contributed by atoms with van der Waals surface area (Å²) >= 11 is 0. The van der Waals surface area contributed by atoms with Crippen molar-refractivity contribution in [2.45, 2.75) is 134 Å². The SMILES string of the molecule is CC(C)CCC[C@@H](C)[C@H]1CC[C@H]2[C@@H]3CC[C@H]4C[C@@H](CCC=C(c5cccc6ccc(S(=O)(=O)O)cc56)c5cccc6ccc(S(=O)(=O)O)cc56)CC[C@]4(C)[C@H]3CC[C@]12C. The number of hydrogen-bond donors (Lipinski definition) is 2. The first-order valence-corrected chi connectivity index (χ1v) is 25.6. The van der Waals surface area contributed by atoms with Crippen LogP contribution in [0.25, 0.3) is 27.1 Å². The zero-order chi connectivity index (χ0) is 41.9. The smallest absolute Gasteiger partial charge is 0.282 e.